The van der Waals surface area contributed by atoms with Crippen LogP contribution in [0, 0.1) is 5.92 Å². The van der Waals surface area contributed by atoms with Gasteiger partial charge in [0.05, 0.1) is 0 Å². The van der Waals surface area contributed by atoms with Crippen LogP contribution in [0.25, 0.3) is 0 Å². The first-order chi connectivity index (χ1) is 10.1. The first-order valence-electron chi connectivity index (χ1n) is 8.33. The highest BCUT2D eigenvalue weighted by atomic mass is 79.9. The maximum Gasteiger partial charge on any atom is 0.0423 e. The molecule has 0 aromatic heterocycles. The number of anilines is 1. The number of nitrogens with zero attached hydrogens (tertiary/aromatic N) is 1. The molecule has 0 amide bonds. The molecule has 0 heterocycles. The number of nitrogens with one attached hydrogen (secondary N) is 1. The van der Waals surface area contributed by atoms with Crippen molar-refractivity contribution < 1.29 is 0 Å². The zero-order valence-electron chi connectivity index (χ0n) is 13.7. The van der Waals surface area contributed by atoms with Crippen molar-refractivity contribution in [3.8, 4) is 0 Å². The van der Waals surface area contributed by atoms with Crippen molar-refractivity contribution in [2.24, 2.45) is 5.92 Å². The topological polar surface area (TPSA) is 15.3 Å². The van der Waals surface area contributed by atoms with Crippen molar-refractivity contribution in [1.29, 1.82) is 0 Å². The molecule has 1 N–H and O–H groups in total. The molecule has 2 atom stereocenters. The summed E-state index contributed by atoms with van der Waals surface area (Å²) in [7, 11) is 2.27. The monoisotopic (exact) mass is 352 g/mol. The summed E-state index contributed by atoms with van der Waals surface area (Å²) < 4.78 is 1.17. The fourth-order valence-corrected chi connectivity index (χ4v) is 3.71. The highest BCUT2D eigenvalue weighted by Crippen LogP contribution is 2.32. The van der Waals surface area contributed by atoms with Gasteiger partial charge < -0.3 is 10.2 Å². The molecule has 2 nitrogen and oxygen atoms in total. The molecule has 3 heteroatoms. The predicted octanol–water partition coefficient (Wildman–Crippen LogP) is 4.96. The average Bonchev–Trinajstić information content (AvgIpc) is 2.48. The molecule has 1 saturated carbocycles. The SMILES string of the molecule is CCCNCc1ccc(Br)cc1N(C)C1CCCC(C)C1. The Morgan fingerprint density at radius 2 is 2.14 bits per heavy atom. The molecule has 1 aliphatic rings. The van der Waals surface area contributed by atoms with Crippen LogP contribution in [0.5, 0.6) is 0 Å². The van der Waals surface area contributed by atoms with Crippen LogP contribution in [0.2, 0.25) is 0 Å². The van der Waals surface area contributed by atoms with Gasteiger partial charge >= 0.3 is 0 Å². The van der Waals surface area contributed by atoms with Crippen LogP contribution in [-0.4, -0.2) is 19.6 Å². The fourth-order valence-electron chi connectivity index (χ4n) is 3.37. The number of hydrogen-bond donors (Lipinski definition) is 1. The lowest BCUT2D eigenvalue weighted by molar-refractivity contribution is 0.336. The molecule has 0 aliphatic heterocycles. The molecule has 118 valence electrons. The van der Waals surface area contributed by atoms with E-state index in [4.69, 9.17) is 0 Å². The minimum atomic E-state index is 0.688. The van der Waals surface area contributed by atoms with Gasteiger partial charge in [-0.05, 0) is 49.4 Å². The summed E-state index contributed by atoms with van der Waals surface area (Å²) in [6.45, 7) is 6.65. The van der Waals surface area contributed by atoms with Crippen LogP contribution in [0.15, 0.2) is 22.7 Å². The van der Waals surface area contributed by atoms with Gasteiger partial charge in [-0.3, -0.25) is 0 Å². The molecule has 1 fully saturated rings. The molecule has 21 heavy (non-hydrogen) atoms. The first-order valence-corrected chi connectivity index (χ1v) is 9.13. The Morgan fingerprint density at radius 3 is 2.86 bits per heavy atom. The van der Waals surface area contributed by atoms with Gasteiger partial charge in [-0.15, -0.1) is 0 Å². The van der Waals surface area contributed by atoms with Gasteiger partial charge in [0.1, 0.15) is 0 Å². The van der Waals surface area contributed by atoms with Gasteiger partial charge in [-0.1, -0.05) is 48.7 Å². The zero-order valence-corrected chi connectivity index (χ0v) is 15.2. The maximum atomic E-state index is 3.64. The number of halogens is 1. The molecule has 1 aliphatic carbocycles. The van der Waals surface area contributed by atoms with Gasteiger partial charge in [0.25, 0.3) is 0 Å². The molecule has 0 bridgehead atoms. The van der Waals surface area contributed by atoms with E-state index < -0.39 is 0 Å². The first kappa shape index (κ1) is 16.8. The van der Waals surface area contributed by atoms with E-state index >= 15 is 0 Å². The van der Waals surface area contributed by atoms with Crippen molar-refractivity contribution in [3.63, 3.8) is 0 Å². The van der Waals surface area contributed by atoms with E-state index in [-0.39, 0.29) is 0 Å². The summed E-state index contributed by atoms with van der Waals surface area (Å²) in [6, 6.07) is 7.38. The van der Waals surface area contributed by atoms with E-state index in [2.05, 4.69) is 65.2 Å². The zero-order chi connectivity index (χ0) is 15.2. The smallest absolute Gasteiger partial charge is 0.0423 e. The Labute approximate surface area is 138 Å². The minimum absolute atomic E-state index is 0.688. The second kappa shape index (κ2) is 8.19. The quantitative estimate of drug-likeness (QED) is 0.727. The normalized spacial score (nSPS) is 22.3. The van der Waals surface area contributed by atoms with Crippen molar-refractivity contribution in [2.75, 3.05) is 18.5 Å². The van der Waals surface area contributed by atoms with Crippen molar-refractivity contribution in [2.45, 2.75) is 58.5 Å². The molecule has 1 aromatic carbocycles. The van der Waals surface area contributed by atoms with Gasteiger partial charge in [0, 0.05) is 29.8 Å². The van der Waals surface area contributed by atoms with Crippen LogP contribution in [0.1, 0.15) is 51.5 Å². The molecule has 2 rings (SSSR count). The van der Waals surface area contributed by atoms with Gasteiger partial charge in [-0.25, -0.2) is 0 Å². The van der Waals surface area contributed by atoms with Gasteiger partial charge in [-0.2, -0.15) is 0 Å². The largest absolute Gasteiger partial charge is 0.371 e. The molecular weight excluding hydrogens is 324 g/mol. The molecular formula is C18H29BrN2. The third-order valence-electron chi connectivity index (χ3n) is 4.63. The van der Waals surface area contributed by atoms with Crippen LogP contribution in [0.4, 0.5) is 5.69 Å². The third-order valence-corrected chi connectivity index (χ3v) is 5.12. The lowest BCUT2D eigenvalue weighted by Gasteiger charge is -2.36. The van der Waals surface area contributed by atoms with Gasteiger partial charge in [0.2, 0.25) is 0 Å². The second-order valence-corrected chi connectivity index (χ2v) is 7.40. The van der Waals surface area contributed by atoms with Crippen LogP contribution in [-0.2, 0) is 6.54 Å². The third kappa shape index (κ3) is 4.72. The molecule has 0 saturated heterocycles. The van der Waals surface area contributed by atoms with Crippen LogP contribution in [0.3, 0.4) is 0 Å². The Bertz CT molecular complexity index is 447. The molecule has 2 unspecified atom stereocenters. The lowest BCUT2D eigenvalue weighted by Crippen LogP contribution is -2.36. The highest BCUT2D eigenvalue weighted by Gasteiger charge is 2.23. The summed E-state index contributed by atoms with van der Waals surface area (Å²) >= 11 is 3.64. The second-order valence-electron chi connectivity index (χ2n) is 6.49. The summed E-state index contributed by atoms with van der Waals surface area (Å²) in [6.07, 6.45) is 6.60. The standard InChI is InChI=1S/C18H29BrN2/c1-4-10-20-13-15-8-9-16(19)12-18(15)21(3)17-7-5-6-14(2)11-17/h8-9,12,14,17,20H,4-7,10-11,13H2,1-3H3. The fraction of sp³-hybridized carbons (Fsp3) is 0.667. The molecule has 1 aromatic rings. The van der Waals surface area contributed by atoms with E-state index in [0.717, 1.165) is 19.0 Å². The van der Waals surface area contributed by atoms with Crippen LogP contribution >= 0.6 is 15.9 Å². The average molecular weight is 353 g/mol. The highest BCUT2D eigenvalue weighted by molar-refractivity contribution is 9.10. The Kier molecular flexibility index (Phi) is 6.56. The van der Waals surface area contributed by atoms with Crippen molar-refractivity contribution in [3.05, 3.63) is 28.2 Å². The van der Waals surface area contributed by atoms with Gasteiger partial charge in [0.15, 0.2) is 0 Å². The minimum Gasteiger partial charge on any atom is -0.371 e. The van der Waals surface area contributed by atoms with Crippen molar-refractivity contribution >= 4 is 21.6 Å². The van der Waals surface area contributed by atoms with E-state index in [1.54, 1.807) is 0 Å². The summed E-state index contributed by atoms with van der Waals surface area (Å²) in [5.74, 6) is 0.861. The lowest BCUT2D eigenvalue weighted by atomic mass is 9.86. The van der Waals surface area contributed by atoms with E-state index in [0.29, 0.717) is 6.04 Å². The summed E-state index contributed by atoms with van der Waals surface area (Å²) in [4.78, 5) is 2.52. The maximum absolute atomic E-state index is 3.64. The summed E-state index contributed by atoms with van der Waals surface area (Å²) in [5.41, 5.74) is 2.79. The number of hydrogen-bond acceptors (Lipinski definition) is 2. The van der Waals surface area contributed by atoms with Crippen LogP contribution < -0.4 is 10.2 Å². The molecule has 0 spiro atoms. The summed E-state index contributed by atoms with van der Waals surface area (Å²) in [5, 5.41) is 3.54. The molecule has 0 radical (unpaired) electrons. The number of benzene rings is 1. The van der Waals surface area contributed by atoms with Crippen molar-refractivity contribution in [1.82, 2.24) is 5.32 Å². The Hall–Kier alpha value is -0.540. The van der Waals surface area contributed by atoms with E-state index in [1.807, 2.05) is 0 Å². The predicted molar refractivity (Wildman–Crippen MR) is 96.0 cm³/mol. The Balaban J connectivity index is 2.13. The number of rotatable bonds is 6. The van der Waals surface area contributed by atoms with E-state index in [1.165, 1.54) is 47.8 Å². The Morgan fingerprint density at radius 1 is 1.33 bits per heavy atom. The van der Waals surface area contributed by atoms with E-state index in [9.17, 15) is 0 Å².